The van der Waals surface area contributed by atoms with Gasteiger partial charge in [0.1, 0.15) is 0 Å². The smallest absolute Gasteiger partial charge is 0.0720 e. The molecule has 2 heterocycles. The zero-order chi connectivity index (χ0) is 11.4. The van der Waals surface area contributed by atoms with Crippen molar-refractivity contribution >= 4 is 6.08 Å². The van der Waals surface area contributed by atoms with Crippen LogP contribution in [0.15, 0.2) is 43.2 Å². The van der Waals surface area contributed by atoms with E-state index < -0.39 is 0 Å². The van der Waals surface area contributed by atoms with Crippen LogP contribution in [0.25, 0.3) is 17.3 Å². The van der Waals surface area contributed by atoms with Crippen LogP contribution in [-0.4, -0.2) is 9.97 Å². The molecule has 0 bridgehead atoms. The fraction of sp³-hybridized carbons (Fsp3) is 0.143. The van der Waals surface area contributed by atoms with Crippen LogP contribution in [0.3, 0.4) is 0 Å². The maximum atomic E-state index is 4.43. The number of nitrogens with zero attached hydrogens (tertiary/aromatic N) is 2. The summed E-state index contributed by atoms with van der Waals surface area (Å²) in [4.78, 5) is 8.79. The summed E-state index contributed by atoms with van der Waals surface area (Å²) >= 11 is 0. The first-order valence-corrected chi connectivity index (χ1v) is 5.38. The van der Waals surface area contributed by atoms with Crippen molar-refractivity contribution in [3.05, 3.63) is 54.5 Å². The number of pyridine rings is 2. The topological polar surface area (TPSA) is 25.8 Å². The van der Waals surface area contributed by atoms with E-state index in [1.807, 2.05) is 24.4 Å². The molecule has 2 nitrogen and oxygen atoms in total. The van der Waals surface area contributed by atoms with E-state index in [-0.39, 0.29) is 0 Å². The Labute approximate surface area is 95.7 Å². The van der Waals surface area contributed by atoms with E-state index in [2.05, 4.69) is 29.5 Å². The summed E-state index contributed by atoms with van der Waals surface area (Å²) in [6.45, 7) is 5.86. The highest BCUT2D eigenvalue weighted by Gasteiger charge is 2.06. The molecule has 2 rings (SSSR count). The fourth-order valence-electron chi connectivity index (χ4n) is 1.65. The lowest BCUT2D eigenvalue weighted by molar-refractivity contribution is 1.03. The first-order valence-electron chi connectivity index (χ1n) is 5.38. The van der Waals surface area contributed by atoms with E-state index in [1.165, 1.54) is 0 Å². The van der Waals surface area contributed by atoms with Crippen LogP contribution in [0.5, 0.6) is 0 Å². The van der Waals surface area contributed by atoms with Gasteiger partial charge < -0.3 is 0 Å². The van der Waals surface area contributed by atoms with E-state index in [9.17, 15) is 0 Å². The van der Waals surface area contributed by atoms with Gasteiger partial charge in [0, 0.05) is 23.7 Å². The van der Waals surface area contributed by atoms with Crippen molar-refractivity contribution < 1.29 is 0 Å². The van der Waals surface area contributed by atoms with Gasteiger partial charge in [-0.3, -0.25) is 9.97 Å². The molecule has 0 radical (unpaired) electrons. The average Bonchev–Trinajstić information content (AvgIpc) is 2.39. The van der Waals surface area contributed by atoms with Crippen molar-refractivity contribution in [3.8, 4) is 11.3 Å². The molecule has 0 saturated heterocycles. The van der Waals surface area contributed by atoms with Crippen LogP contribution in [0.2, 0.25) is 0 Å². The molecule has 16 heavy (non-hydrogen) atoms. The predicted molar refractivity (Wildman–Crippen MR) is 66.9 cm³/mol. The number of aryl methyl sites for hydroxylation is 1. The second kappa shape index (κ2) is 4.71. The number of aromatic nitrogens is 2. The van der Waals surface area contributed by atoms with Crippen LogP contribution in [-0.2, 0) is 6.42 Å². The van der Waals surface area contributed by atoms with E-state index in [0.717, 1.165) is 28.9 Å². The molecule has 2 heteroatoms. The van der Waals surface area contributed by atoms with E-state index in [1.54, 1.807) is 12.3 Å². The zero-order valence-electron chi connectivity index (χ0n) is 9.35. The van der Waals surface area contributed by atoms with Crippen LogP contribution >= 0.6 is 0 Å². The molecule has 80 valence electrons. The Balaban J connectivity index is 2.57. The second-order valence-corrected chi connectivity index (χ2v) is 3.54. The van der Waals surface area contributed by atoms with E-state index in [4.69, 9.17) is 0 Å². The Morgan fingerprint density at radius 2 is 2.19 bits per heavy atom. The maximum Gasteiger partial charge on any atom is 0.0720 e. The monoisotopic (exact) mass is 210 g/mol. The first kappa shape index (κ1) is 10.6. The molecule has 0 aliphatic rings. The van der Waals surface area contributed by atoms with Gasteiger partial charge in [-0.05, 0) is 30.2 Å². The van der Waals surface area contributed by atoms with Crippen molar-refractivity contribution in [3.63, 3.8) is 0 Å². The van der Waals surface area contributed by atoms with Gasteiger partial charge in [0.2, 0.25) is 0 Å². The highest BCUT2D eigenvalue weighted by atomic mass is 14.7. The van der Waals surface area contributed by atoms with Crippen LogP contribution in [0.4, 0.5) is 0 Å². The molecule has 0 amide bonds. The van der Waals surface area contributed by atoms with E-state index >= 15 is 0 Å². The Bertz CT molecular complexity index is 489. The molecule has 2 aromatic rings. The molecule has 0 spiro atoms. The van der Waals surface area contributed by atoms with Gasteiger partial charge in [-0.1, -0.05) is 25.6 Å². The molecule has 2 aromatic heterocycles. The van der Waals surface area contributed by atoms with Gasteiger partial charge in [-0.15, -0.1) is 0 Å². The molecule has 0 aliphatic heterocycles. The molecule has 0 fully saturated rings. The van der Waals surface area contributed by atoms with Crippen molar-refractivity contribution in [1.82, 2.24) is 9.97 Å². The molecule has 0 aromatic carbocycles. The molecule has 0 aliphatic carbocycles. The third kappa shape index (κ3) is 2.01. The largest absolute Gasteiger partial charge is 0.260 e. The summed E-state index contributed by atoms with van der Waals surface area (Å²) in [6, 6.07) is 7.99. The minimum absolute atomic E-state index is 0.906. The number of rotatable bonds is 3. The SMILES string of the molecule is C=Cc1cnc(CC)c(-c2ccccn2)c1. The van der Waals surface area contributed by atoms with Gasteiger partial charge in [-0.2, -0.15) is 0 Å². The number of hydrogen-bond acceptors (Lipinski definition) is 2. The summed E-state index contributed by atoms with van der Waals surface area (Å²) < 4.78 is 0. The predicted octanol–water partition coefficient (Wildman–Crippen LogP) is 3.35. The average molecular weight is 210 g/mol. The first-order chi connectivity index (χ1) is 7.85. The van der Waals surface area contributed by atoms with Gasteiger partial charge in [0.05, 0.1) is 5.69 Å². The van der Waals surface area contributed by atoms with Gasteiger partial charge in [-0.25, -0.2) is 0 Å². The zero-order valence-corrected chi connectivity index (χ0v) is 9.35. The standard InChI is InChI=1S/C14H14N2/c1-3-11-9-12(13(4-2)16-10-11)14-7-5-6-8-15-14/h3,5-10H,1,4H2,2H3. The summed E-state index contributed by atoms with van der Waals surface area (Å²) in [5.74, 6) is 0. The van der Waals surface area contributed by atoms with Crippen molar-refractivity contribution in [1.29, 1.82) is 0 Å². The molecule has 0 unspecified atom stereocenters. The van der Waals surface area contributed by atoms with Crippen molar-refractivity contribution in [2.45, 2.75) is 13.3 Å². The summed E-state index contributed by atoms with van der Waals surface area (Å²) in [7, 11) is 0. The second-order valence-electron chi connectivity index (χ2n) is 3.54. The lowest BCUT2D eigenvalue weighted by Crippen LogP contribution is -1.94. The van der Waals surface area contributed by atoms with Crippen molar-refractivity contribution in [2.75, 3.05) is 0 Å². The van der Waals surface area contributed by atoms with E-state index in [0.29, 0.717) is 0 Å². The summed E-state index contributed by atoms with van der Waals surface area (Å²) in [6.07, 6.45) is 6.36. The van der Waals surface area contributed by atoms with Crippen LogP contribution in [0.1, 0.15) is 18.2 Å². The maximum absolute atomic E-state index is 4.43. The van der Waals surface area contributed by atoms with Gasteiger partial charge >= 0.3 is 0 Å². The number of hydrogen-bond donors (Lipinski definition) is 0. The minimum atomic E-state index is 0.906. The highest BCUT2D eigenvalue weighted by molar-refractivity contribution is 5.65. The third-order valence-electron chi connectivity index (χ3n) is 2.50. The Morgan fingerprint density at radius 1 is 1.31 bits per heavy atom. The summed E-state index contributed by atoms with van der Waals surface area (Å²) in [5, 5.41) is 0. The Morgan fingerprint density at radius 3 is 2.81 bits per heavy atom. The van der Waals surface area contributed by atoms with Crippen molar-refractivity contribution in [2.24, 2.45) is 0 Å². The Hall–Kier alpha value is -1.96. The molecule has 0 N–H and O–H groups in total. The molecule has 0 saturated carbocycles. The lowest BCUT2D eigenvalue weighted by atomic mass is 10.1. The van der Waals surface area contributed by atoms with Crippen LogP contribution in [0, 0.1) is 0 Å². The van der Waals surface area contributed by atoms with Gasteiger partial charge in [0.25, 0.3) is 0 Å². The Kier molecular flexibility index (Phi) is 3.10. The quantitative estimate of drug-likeness (QED) is 0.776. The highest BCUT2D eigenvalue weighted by Crippen LogP contribution is 2.22. The molecule has 0 atom stereocenters. The minimum Gasteiger partial charge on any atom is -0.260 e. The third-order valence-corrected chi connectivity index (χ3v) is 2.50. The molecular weight excluding hydrogens is 196 g/mol. The fourth-order valence-corrected chi connectivity index (χ4v) is 1.65. The lowest BCUT2D eigenvalue weighted by Gasteiger charge is -2.07. The van der Waals surface area contributed by atoms with Crippen LogP contribution < -0.4 is 0 Å². The molecular formula is C14H14N2. The normalized spacial score (nSPS) is 10.1. The van der Waals surface area contributed by atoms with Gasteiger partial charge in [0.15, 0.2) is 0 Å². The summed E-state index contributed by atoms with van der Waals surface area (Å²) in [5.41, 5.74) is 4.17.